The minimum Gasteiger partial charge on any atom is -0.0679 e. The van der Waals surface area contributed by atoms with Crippen LogP contribution in [0.3, 0.4) is 0 Å². The Labute approximate surface area is 241 Å². The first kappa shape index (κ1) is 25.8. The van der Waals surface area contributed by atoms with Gasteiger partial charge in [-0.15, -0.1) is 0 Å². The third kappa shape index (κ3) is 3.56. The zero-order chi connectivity index (χ0) is 27.9. The molecule has 0 fully saturated rings. The molecular formula is C39H42Si. The summed E-state index contributed by atoms with van der Waals surface area (Å²) >= 11 is 0. The van der Waals surface area contributed by atoms with Crippen LogP contribution in [0.2, 0.25) is 18.6 Å². The molecule has 3 aliphatic carbocycles. The minimum atomic E-state index is -1.82. The van der Waals surface area contributed by atoms with Gasteiger partial charge in [0.2, 0.25) is 0 Å². The summed E-state index contributed by atoms with van der Waals surface area (Å²) in [4.78, 5) is 0. The number of hydrogen-bond acceptors (Lipinski definition) is 0. The number of benzene rings is 4. The molecule has 202 valence electrons. The molecule has 1 unspecified atom stereocenters. The van der Waals surface area contributed by atoms with Crippen molar-refractivity contribution < 1.29 is 0 Å². The second-order valence-corrected chi connectivity index (χ2v) is 18.3. The Hall–Kier alpha value is -3.16. The number of fused-ring (bicyclic) bond motifs is 5. The lowest BCUT2D eigenvalue weighted by atomic mass is 9.79. The smallest absolute Gasteiger partial charge is 0.0679 e. The molecule has 0 heterocycles. The van der Waals surface area contributed by atoms with E-state index < -0.39 is 8.07 Å². The van der Waals surface area contributed by atoms with E-state index in [1.54, 1.807) is 39.0 Å². The summed E-state index contributed by atoms with van der Waals surface area (Å²) in [7, 11) is -1.82. The van der Waals surface area contributed by atoms with E-state index in [9.17, 15) is 0 Å². The maximum atomic E-state index is 2.69. The van der Waals surface area contributed by atoms with E-state index in [-0.39, 0.29) is 0 Å². The van der Waals surface area contributed by atoms with Gasteiger partial charge in [0.25, 0.3) is 0 Å². The third-order valence-corrected chi connectivity index (χ3v) is 15.6. The average molecular weight is 539 g/mol. The molecule has 1 heteroatoms. The highest BCUT2D eigenvalue weighted by Crippen LogP contribution is 2.56. The predicted octanol–water partition coefficient (Wildman–Crippen LogP) is 11.3. The fraction of sp³-hybridized carbons (Fsp3) is 0.333. The summed E-state index contributed by atoms with van der Waals surface area (Å²) in [6, 6.07) is 23.2. The Morgan fingerprint density at radius 3 is 1.80 bits per heavy atom. The lowest BCUT2D eigenvalue weighted by Crippen LogP contribution is -2.41. The second kappa shape index (κ2) is 9.18. The van der Waals surface area contributed by atoms with Crippen LogP contribution in [0.4, 0.5) is 0 Å². The van der Waals surface area contributed by atoms with Gasteiger partial charge in [-0.25, -0.2) is 0 Å². The molecule has 0 saturated heterocycles. The Morgan fingerprint density at radius 2 is 1.20 bits per heavy atom. The average Bonchev–Trinajstić information content (AvgIpc) is 3.40. The SMILES string of the molecule is CC1=Cc2c(cc(-c3c4ccccc4cc4ccccc34)c3c2CCCC3)C1[Si](C)(C)C1C(C)=C(C)C(C)=C1C. The van der Waals surface area contributed by atoms with Gasteiger partial charge in [-0.1, -0.05) is 84.4 Å². The Bertz CT molecular complexity index is 1750. The summed E-state index contributed by atoms with van der Waals surface area (Å²) in [5.74, 6) is 0. The first-order chi connectivity index (χ1) is 19.2. The highest BCUT2D eigenvalue weighted by atomic mass is 28.3. The third-order valence-electron chi connectivity index (χ3n) is 11.0. The largest absolute Gasteiger partial charge is 0.0717 e. The standard InChI is InChI=1S/C39H42Si/c1-23-20-34-32-18-12-13-19-33(32)35(37-30-16-10-8-14-28(30)21-29-15-9-11-17-31(29)37)22-36(34)38(23)40(6,7)39-26(4)24(2)25(3)27(39)5/h8-11,14-17,20-22,38-39H,12-13,18-19H2,1-7H3. The van der Waals surface area contributed by atoms with E-state index in [4.69, 9.17) is 0 Å². The van der Waals surface area contributed by atoms with Gasteiger partial charge in [-0.2, -0.15) is 0 Å². The lowest BCUT2D eigenvalue weighted by molar-refractivity contribution is 0.685. The van der Waals surface area contributed by atoms with Gasteiger partial charge in [0, 0.05) is 5.54 Å². The topological polar surface area (TPSA) is 0 Å². The van der Waals surface area contributed by atoms with Crippen LogP contribution < -0.4 is 0 Å². The molecule has 0 aromatic heterocycles. The van der Waals surface area contributed by atoms with Crippen molar-refractivity contribution in [3.8, 4) is 11.1 Å². The summed E-state index contributed by atoms with van der Waals surface area (Å²) in [5, 5.41) is 5.48. The van der Waals surface area contributed by atoms with Crippen molar-refractivity contribution in [1.29, 1.82) is 0 Å². The monoisotopic (exact) mass is 538 g/mol. The van der Waals surface area contributed by atoms with Crippen LogP contribution in [0, 0.1) is 0 Å². The van der Waals surface area contributed by atoms with Crippen LogP contribution in [0.1, 0.15) is 75.3 Å². The van der Waals surface area contributed by atoms with Crippen molar-refractivity contribution in [2.45, 2.75) is 84.5 Å². The lowest BCUT2D eigenvalue weighted by Gasteiger charge is -2.40. The van der Waals surface area contributed by atoms with Crippen LogP contribution in [-0.4, -0.2) is 8.07 Å². The molecule has 0 nitrogen and oxygen atoms in total. The summed E-state index contributed by atoms with van der Waals surface area (Å²) in [5.41, 5.74) is 18.6. The Kier molecular flexibility index (Phi) is 5.92. The van der Waals surface area contributed by atoms with Crippen molar-refractivity contribution in [2.75, 3.05) is 0 Å². The normalized spacial score (nSPS) is 19.6. The molecule has 7 rings (SSSR count). The number of hydrogen-bond donors (Lipinski definition) is 0. The van der Waals surface area contributed by atoms with E-state index in [1.807, 2.05) is 0 Å². The molecule has 0 spiro atoms. The van der Waals surface area contributed by atoms with Crippen molar-refractivity contribution in [3.63, 3.8) is 0 Å². The molecule has 4 aromatic carbocycles. The molecule has 0 bridgehead atoms. The van der Waals surface area contributed by atoms with Gasteiger partial charge in [0.05, 0.1) is 8.07 Å². The van der Waals surface area contributed by atoms with Gasteiger partial charge in [-0.3, -0.25) is 0 Å². The van der Waals surface area contributed by atoms with Crippen molar-refractivity contribution in [3.05, 3.63) is 111 Å². The Morgan fingerprint density at radius 1 is 0.650 bits per heavy atom. The number of rotatable bonds is 3. The first-order valence-corrected chi connectivity index (χ1v) is 18.5. The molecule has 1 atom stereocenters. The van der Waals surface area contributed by atoms with E-state index in [0.717, 1.165) is 0 Å². The van der Waals surface area contributed by atoms with Gasteiger partial charge >= 0.3 is 0 Å². The zero-order valence-corrected chi connectivity index (χ0v) is 26.3. The summed E-state index contributed by atoms with van der Waals surface area (Å²) in [6.07, 6.45) is 7.62. The molecular weight excluding hydrogens is 497 g/mol. The summed E-state index contributed by atoms with van der Waals surface area (Å²) in [6.45, 7) is 17.3. The van der Waals surface area contributed by atoms with Gasteiger partial charge in [0.1, 0.15) is 0 Å². The maximum absolute atomic E-state index is 2.69. The quantitative estimate of drug-likeness (QED) is 0.180. The highest BCUT2D eigenvalue weighted by Gasteiger charge is 2.47. The summed E-state index contributed by atoms with van der Waals surface area (Å²) < 4.78 is 0. The van der Waals surface area contributed by atoms with Gasteiger partial charge in [0.15, 0.2) is 0 Å². The molecule has 0 radical (unpaired) electrons. The van der Waals surface area contributed by atoms with Gasteiger partial charge in [-0.05, 0) is 144 Å². The van der Waals surface area contributed by atoms with Crippen LogP contribution in [0.25, 0.3) is 38.7 Å². The molecule has 0 amide bonds. The van der Waals surface area contributed by atoms with Crippen molar-refractivity contribution in [1.82, 2.24) is 0 Å². The van der Waals surface area contributed by atoms with Crippen LogP contribution >= 0.6 is 0 Å². The van der Waals surface area contributed by atoms with E-state index in [2.05, 4.69) is 114 Å². The molecule has 3 aliphatic rings. The first-order valence-electron chi connectivity index (χ1n) is 15.3. The highest BCUT2D eigenvalue weighted by molar-refractivity contribution is 6.82. The number of allylic oxidation sites excluding steroid dienone is 5. The van der Waals surface area contributed by atoms with Crippen LogP contribution in [-0.2, 0) is 12.8 Å². The molecule has 0 N–H and O–H groups in total. The molecule has 40 heavy (non-hydrogen) atoms. The minimum absolute atomic E-state index is 0.545. The molecule has 0 saturated carbocycles. The Balaban J connectivity index is 1.52. The fourth-order valence-electron chi connectivity index (χ4n) is 9.11. The van der Waals surface area contributed by atoms with Crippen LogP contribution in [0.5, 0.6) is 0 Å². The van der Waals surface area contributed by atoms with E-state index >= 15 is 0 Å². The second-order valence-electron chi connectivity index (χ2n) is 13.5. The van der Waals surface area contributed by atoms with Crippen molar-refractivity contribution >= 4 is 35.7 Å². The van der Waals surface area contributed by atoms with E-state index in [0.29, 0.717) is 11.1 Å². The fourth-order valence-corrected chi connectivity index (χ4v) is 14.4. The predicted molar refractivity (Wildman–Crippen MR) is 178 cm³/mol. The molecule has 4 aromatic rings. The zero-order valence-electron chi connectivity index (χ0n) is 25.3. The van der Waals surface area contributed by atoms with Crippen molar-refractivity contribution in [2.24, 2.45) is 0 Å². The maximum Gasteiger partial charge on any atom is 0.0717 e. The van der Waals surface area contributed by atoms with Gasteiger partial charge < -0.3 is 0 Å². The molecule has 0 aliphatic heterocycles. The van der Waals surface area contributed by atoms with Crippen LogP contribution in [0.15, 0.2) is 88.5 Å². The van der Waals surface area contributed by atoms with E-state index in [1.165, 1.54) is 69.5 Å².